The van der Waals surface area contributed by atoms with Crippen LogP contribution >= 0.6 is 0 Å². The maximum Gasteiger partial charge on any atom is 0.314 e. The lowest BCUT2D eigenvalue weighted by atomic mass is 10.1. The van der Waals surface area contributed by atoms with Gasteiger partial charge in [-0.25, -0.2) is 0 Å². The maximum atomic E-state index is 11.8. The van der Waals surface area contributed by atoms with Crippen molar-refractivity contribution >= 4 is 5.97 Å². The van der Waals surface area contributed by atoms with Crippen LogP contribution in [-0.4, -0.2) is 13.1 Å². The maximum absolute atomic E-state index is 11.8. The van der Waals surface area contributed by atoms with E-state index in [-0.39, 0.29) is 11.9 Å². The van der Waals surface area contributed by atoms with Gasteiger partial charge in [-0.15, -0.1) is 0 Å². The van der Waals surface area contributed by atoms with Crippen molar-refractivity contribution < 1.29 is 14.3 Å². The fourth-order valence-electron chi connectivity index (χ4n) is 1.62. The fourth-order valence-corrected chi connectivity index (χ4v) is 1.62. The molecule has 0 amide bonds. The van der Waals surface area contributed by atoms with Crippen molar-refractivity contribution in [3.8, 4) is 11.5 Å². The van der Waals surface area contributed by atoms with Gasteiger partial charge in [0.1, 0.15) is 0 Å². The third kappa shape index (κ3) is 3.77. The zero-order chi connectivity index (χ0) is 12.8. The fraction of sp³-hybridized carbons (Fsp3) is 0.500. The van der Waals surface area contributed by atoms with Gasteiger partial charge in [0.05, 0.1) is 13.0 Å². The molecule has 0 N–H and O–H groups in total. The van der Waals surface area contributed by atoms with Crippen molar-refractivity contribution in [2.75, 3.05) is 7.11 Å². The number of hydrogen-bond donors (Lipinski definition) is 0. The normalized spacial score (nSPS) is 12.0. The molecule has 1 atom stereocenters. The molecule has 3 heteroatoms. The molecule has 1 aromatic rings. The van der Waals surface area contributed by atoms with Crippen molar-refractivity contribution in [3.05, 3.63) is 23.8 Å². The van der Waals surface area contributed by atoms with E-state index in [1.165, 1.54) is 0 Å². The molecule has 1 rings (SSSR count). The van der Waals surface area contributed by atoms with E-state index in [0.29, 0.717) is 11.5 Å². The first-order valence-corrected chi connectivity index (χ1v) is 5.94. The Balaban J connectivity index is 2.77. The van der Waals surface area contributed by atoms with Crippen LogP contribution in [0.4, 0.5) is 0 Å². The molecule has 3 nitrogen and oxygen atoms in total. The molecule has 0 saturated carbocycles. The van der Waals surface area contributed by atoms with Crippen LogP contribution in [0.1, 0.15) is 32.3 Å². The van der Waals surface area contributed by atoms with Gasteiger partial charge < -0.3 is 9.47 Å². The predicted molar refractivity (Wildman–Crippen MR) is 67.4 cm³/mol. The summed E-state index contributed by atoms with van der Waals surface area (Å²) < 4.78 is 10.5. The SMILES string of the molecule is CCCC(C)C(=O)Oc1ccc(C)cc1OC. The first kappa shape index (κ1) is 13.6. The molecule has 0 heterocycles. The molecule has 0 radical (unpaired) electrons. The molecule has 0 aliphatic heterocycles. The number of benzene rings is 1. The van der Waals surface area contributed by atoms with Gasteiger partial charge in [0.2, 0.25) is 0 Å². The average Bonchev–Trinajstić information content (AvgIpc) is 2.31. The molecule has 1 aromatic carbocycles. The third-order valence-electron chi connectivity index (χ3n) is 2.65. The van der Waals surface area contributed by atoms with Gasteiger partial charge in [-0.2, -0.15) is 0 Å². The summed E-state index contributed by atoms with van der Waals surface area (Å²) in [4.78, 5) is 11.8. The van der Waals surface area contributed by atoms with Crippen molar-refractivity contribution in [2.45, 2.75) is 33.6 Å². The lowest BCUT2D eigenvalue weighted by Crippen LogP contribution is -2.17. The number of hydrogen-bond acceptors (Lipinski definition) is 3. The van der Waals surface area contributed by atoms with Gasteiger partial charge in [-0.05, 0) is 31.0 Å². The van der Waals surface area contributed by atoms with Crippen LogP contribution in [-0.2, 0) is 4.79 Å². The minimum Gasteiger partial charge on any atom is -0.493 e. The van der Waals surface area contributed by atoms with E-state index in [0.717, 1.165) is 18.4 Å². The molecule has 0 bridgehead atoms. The Bertz CT molecular complexity index is 385. The Morgan fingerprint density at radius 1 is 1.35 bits per heavy atom. The Hall–Kier alpha value is -1.51. The third-order valence-corrected chi connectivity index (χ3v) is 2.65. The van der Waals surface area contributed by atoms with Gasteiger partial charge in [0.25, 0.3) is 0 Å². The summed E-state index contributed by atoms with van der Waals surface area (Å²) in [5.74, 6) is 0.813. The zero-order valence-corrected chi connectivity index (χ0v) is 10.9. The van der Waals surface area contributed by atoms with E-state index in [4.69, 9.17) is 9.47 Å². The lowest BCUT2D eigenvalue weighted by molar-refractivity contribution is -0.138. The topological polar surface area (TPSA) is 35.5 Å². The van der Waals surface area contributed by atoms with Crippen LogP contribution in [0.3, 0.4) is 0 Å². The molecule has 94 valence electrons. The Labute approximate surface area is 103 Å². The second kappa shape index (κ2) is 6.28. The highest BCUT2D eigenvalue weighted by Gasteiger charge is 2.16. The summed E-state index contributed by atoms with van der Waals surface area (Å²) >= 11 is 0. The summed E-state index contributed by atoms with van der Waals surface area (Å²) in [6.45, 7) is 5.90. The summed E-state index contributed by atoms with van der Waals surface area (Å²) in [7, 11) is 1.57. The number of ether oxygens (including phenoxy) is 2. The van der Waals surface area contributed by atoms with Gasteiger partial charge >= 0.3 is 5.97 Å². The quantitative estimate of drug-likeness (QED) is 0.581. The molecule has 0 fully saturated rings. The van der Waals surface area contributed by atoms with Crippen LogP contribution in [0.5, 0.6) is 11.5 Å². The average molecular weight is 236 g/mol. The van der Waals surface area contributed by atoms with Crippen LogP contribution < -0.4 is 9.47 Å². The second-order valence-corrected chi connectivity index (χ2v) is 4.27. The summed E-state index contributed by atoms with van der Waals surface area (Å²) in [6.07, 6.45) is 1.81. The van der Waals surface area contributed by atoms with Gasteiger partial charge in [0.15, 0.2) is 11.5 Å². The van der Waals surface area contributed by atoms with Crippen molar-refractivity contribution in [2.24, 2.45) is 5.92 Å². The standard InChI is InChI=1S/C14H20O3/c1-5-6-11(3)14(15)17-12-8-7-10(2)9-13(12)16-4/h7-9,11H,5-6H2,1-4H3. The smallest absolute Gasteiger partial charge is 0.314 e. The largest absolute Gasteiger partial charge is 0.493 e. The number of esters is 1. The van der Waals surface area contributed by atoms with Crippen LogP contribution in [0, 0.1) is 12.8 Å². The molecule has 0 aliphatic rings. The molecular weight excluding hydrogens is 216 g/mol. The first-order valence-electron chi connectivity index (χ1n) is 5.94. The Morgan fingerprint density at radius 3 is 2.65 bits per heavy atom. The van der Waals surface area contributed by atoms with E-state index in [1.54, 1.807) is 13.2 Å². The van der Waals surface area contributed by atoms with E-state index in [9.17, 15) is 4.79 Å². The lowest BCUT2D eigenvalue weighted by Gasteiger charge is -2.13. The van der Waals surface area contributed by atoms with Crippen LogP contribution in [0.15, 0.2) is 18.2 Å². The predicted octanol–water partition coefficient (Wildman–Crippen LogP) is 3.35. The highest BCUT2D eigenvalue weighted by molar-refractivity contribution is 5.75. The molecule has 17 heavy (non-hydrogen) atoms. The zero-order valence-electron chi connectivity index (χ0n) is 10.9. The molecule has 0 aromatic heterocycles. The molecule has 0 aliphatic carbocycles. The van der Waals surface area contributed by atoms with Crippen LogP contribution in [0.2, 0.25) is 0 Å². The Kier molecular flexibility index (Phi) is 5.01. The highest BCUT2D eigenvalue weighted by Crippen LogP contribution is 2.28. The summed E-state index contributed by atoms with van der Waals surface area (Å²) in [5.41, 5.74) is 1.07. The number of carbonyl (C=O) groups is 1. The molecule has 1 unspecified atom stereocenters. The number of aryl methyl sites for hydroxylation is 1. The molecule has 0 spiro atoms. The minimum absolute atomic E-state index is 0.0778. The summed E-state index contributed by atoms with van der Waals surface area (Å²) in [5, 5.41) is 0. The monoisotopic (exact) mass is 236 g/mol. The van der Waals surface area contributed by atoms with Gasteiger partial charge in [-0.3, -0.25) is 4.79 Å². The Morgan fingerprint density at radius 2 is 2.06 bits per heavy atom. The highest BCUT2D eigenvalue weighted by atomic mass is 16.6. The van der Waals surface area contributed by atoms with Crippen molar-refractivity contribution in [1.82, 2.24) is 0 Å². The minimum atomic E-state index is -0.200. The molecule has 0 saturated heterocycles. The van der Waals surface area contributed by atoms with Crippen molar-refractivity contribution in [3.63, 3.8) is 0 Å². The second-order valence-electron chi connectivity index (χ2n) is 4.27. The number of rotatable bonds is 5. The van der Waals surface area contributed by atoms with Gasteiger partial charge in [-0.1, -0.05) is 26.3 Å². The summed E-state index contributed by atoms with van der Waals surface area (Å²) in [6, 6.07) is 5.52. The van der Waals surface area contributed by atoms with E-state index in [2.05, 4.69) is 6.92 Å². The molecular formula is C14H20O3. The van der Waals surface area contributed by atoms with Crippen LogP contribution in [0.25, 0.3) is 0 Å². The number of methoxy groups -OCH3 is 1. The van der Waals surface area contributed by atoms with E-state index < -0.39 is 0 Å². The van der Waals surface area contributed by atoms with E-state index in [1.807, 2.05) is 26.0 Å². The van der Waals surface area contributed by atoms with Gasteiger partial charge in [0, 0.05) is 0 Å². The van der Waals surface area contributed by atoms with E-state index >= 15 is 0 Å². The number of carbonyl (C=O) groups excluding carboxylic acids is 1. The first-order chi connectivity index (χ1) is 8.08. The van der Waals surface area contributed by atoms with Crippen molar-refractivity contribution in [1.29, 1.82) is 0 Å².